The highest BCUT2D eigenvalue weighted by molar-refractivity contribution is 7.89. The molecule has 2 rings (SSSR count). The van der Waals surface area contributed by atoms with Gasteiger partial charge in [0, 0.05) is 26.1 Å². The lowest BCUT2D eigenvalue weighted by molar-refractivity contribution is -0.119. The Bertz CT molecular complexity index is 659. The van der Waals surface area contributed by atoms with Crippen molar-refractivity contribution in [1.29, 1.82) is 0 Å². The van der Waals surface area contributed by atoms with E-state index < -0.39 is 26.6 Å². The lowest BCUT2D eigenvalue weighted by Crippen LogP contribution is -2.45. The van der Waals surface area contributed by atoms with Gasteiger partial charge in [-0.25, -0.2) is 17.2 Å². The Balaban J connectivity index is 2.26. The number of benzene rings is 1. The second-order valence-corrected chi connectivity index (χ2v) is 7.42. The summed E-state index contributed by atoms with van der Waals surface area (Å²) in [4.78, 5) is 10.0. The van der Waals surface area contributed by atoms with Crippen LogP contribution in [-0.4, -0.2) is 37.8 Å². The number of nitrogens with one attached hydrogen (secondary N) is 1. The Morgan fingerprint density at radius 2 is 1.96 bits per heavy atom. The molecule has 0 saturated carbocycles. The first-order chi connectivity index (χ1) is 10.8. The molecule has 0 aromatic heterocycles. The lowest BCUT2D eigenvalue weighted by Gasteiger charge is -2.34. The number of amides is 1. The van der Waals surface area contributed by atoms with Crippen molar-refractivity contribution in [1.82, 2.24) is 9.62 Å². The van der Waals surface area contributed by atoms with Gasteiger partial charge < -0.3 is 5.32 Å². The molecule has 0 unspecified atom stereocenters. The highest BCUT2D eigenvalue weighted by atomic mass is 32.2. The summed E-state index contributed by atoms with van der Waals surface area (Å²) in [6.07, 6.45) is 2.51. The Labute approximate surface area is 134 Å². The zero-order valence-corrected chi connectivity index (χ0v) is 13.7. The molecule has 1 aliphatic heterocycles. The summed E-state index contributed by atoms with van der Waals surface area (Å²) in [5.74, 6) is -2.37. The second kappa shape index (κ2) is 7.35. The van der Waals surface area contributed by atoms with Crippen LogP contribution in [-0.2, 0) is 14.8 Å². The van der Waals surface area contributed by atoms with E-state index in [9.17, 15) is 22.0 Å². The van der Waals surface area contributed by atoms with E-state index in [4.69, 9.17) is 0 Å². The van der Waals surface area contributed by atoms with Gasteiger partial charge in [-0.15, -0.1) is 0 Å². The summed E-state index contributed by atoms with van der Waals surface area (Å²) in [6, 6.07) is 2.63. The van der Waals surface area contributed by atoms with Gasteiger partial charge in [-0.1, -0.05) is 12.5 Å². The summed E-state index contributed by atoms with van der Waals surface area (Å²) in [7, 11) is -4.25. The van der Waals surface area contributed by atoms with Crippen molar-refractivity contribution in [3.05, 3.63) is 29.8 Å². The third-order valence-corrected chi connectivity index (χ3v) is 5.91. The van der Waals surface area contributed by atoms with E-state index in [1.54, 1.807) is 0 Å². The van der Waals surface area contributed by atoms with Crippen molar-refractivity contribution in [2.75, 3.05) is 13.1 Å². The molecule has 1 aliphatic rings. The molecular weight excluding hydrogens is 326 g/mol. The average molecular weight is 346 g/mol. The number of hydrogen-bond acceptors (Lipinski definition) is 3. The molecule has 1 saturated heterocycles. The first-order valence-corrected chi connectivity index (χ1v) is 8.98. The number of piperidine rings is 1. The summed E-state index contributed by atoms with van der Waals surface area (Å²) in [5, 5.41) is 2.62. The number of hydrogen-bond donors (Lipinski definition) is 1. The first kappa shape index (κ1) is 17.8. The molecule has 0 bridgehead atoms. The highest BCUT2D eigenvalue weighted by Gasteiger charge is 2.36. The molecule has 128 valence electrons. The monoisotopic (exact) mass is 346 g/mol. The number of sulfonamides is 1. The predicted octanol–water partition coefficient (Wildman–Crippen LogP) is 2.03. The molecule has 1 heterocycles. The molecule has 8 heteroatoms. The molecule has 1 fully saturated rings. The average Bonchev–Trinajstić information content (AvgIpc) is 2.47. The van der Waals surface area contributed by atoms with E-state index in [0.717, 1.165) is 24.6 Å². The fourth-order valence-corrected chi connectivity index (χ4v) is 4.68. The SMILES string of the molecule is CC(=O)NCC[C@H]1CCCCN1S(=O)(=O)c1c(F)cccc1F. The van der Waals surface area contributed by atoms with E-state index in [1.165, 1.54) is 11.2 Å². The number of nitrogens with zero attached hydrogens (tertiary/aromatic N) is 1. The van der Waals surface area contributed by atoms with Gasteiger partial charge in [-0.2, -0.15) is 4.31 Å². The van der Waals surface area contributed by atoms with Gasteiger partial charge in [0.2, 0.25) is 15.9 Å². The van der Waals surface area contributed by atoms with Crippen molar-refractivity contribution in [2.45, 2.75) is 43.5 Å². The van der Waals surface area contributed by atoms with Gasteiger partial charge in [0.25, 0.3) is 0 Å². The summed E-state index contributed by atoms with van der Waals surface area (Å²) in [5.41, 5.74) is 0. The molecule has 0 aliphatic carbocycles. The third kappa shape index (κ3) is 4.06. The summed E-state index contributed by atoms with van der Waals surface area (Å²) < 4.78 is 54.3. The number of rotatable bonds is 5. The zero-order valence-electron chi connectivity index (χ0n) is 12.9. The molecule has 5 nitrogen and oxygen atoms in total. The number of carbonyl (C=O) groups is 1. The normalized spacial score (nSPS) is 19.5. The molecule has 0 spiro atoms. The lowest BCUT2D eigenvalue weighted by atomic mass is 10.0. The first-order valence-electron chi connectivity index (χ1n) is 7.54. The van der Waals surface area contributed by atoms with Crippen LogP contribution < -0.4 is 5.32 Å². The Hall–Kier alpha value is -1.54. The molecule has 1 aromatic carbocycles. The van der Waals surface area contributed by atoms with Gasteiger partial charge in [0.05, 0.1) is 0 Å². The van der Waals surface area contributed by atoms with Crippen LogP contribution in [0.1, 0.15) is 32.6 Å². The number of halogens is 2. The molecule has 1 amide bonds. The topological polar surface area (TPSA) is 66.5 Å². The van der Waals surface area contributed by atoms with Crippen molar-refractivity contribution < 1.29 is 22.0 Å². The third-order valence-electron chi connectivity index (χ3n) is 3.91. The van der Waals surface area contributed by atoms with E-state index in [0.29, 0.717) is 25.8 Å². The minimum atomic E-state index is -4.25. The van der Waals surface area contributed by atoms with Gasteiger partial charge in [-0.3, -0.25) is 4.79 Å². The molecule has 1 atom stereocenters. The minimum absolute atomic E-state index is 0.199. The Morgan fingerprint density at radius 1 is 1.30 bits per heavy atom. The van der Waals surface area contributed by atoms with Crippen LogP contribution in [0.2, 0.25) is 0 Å². The van der Waals surface area contributed by atoms with Crippen LogP contribution in [0.3, 0.4) is 0 Å². The van der Waals surface area contributed by atoms with Gasteiger partial charge in [0.15, 0.2) is 4.90 Å². The molecule has 1 N–H and O–H groups in total. The van der Waals surface area contributed by atoms with Crippen molar-refractivity contribution in [3.63, 3.8) is 0 Å². The van der Waals surface area contributed by atoms with Crippen molar-refractivity contribution in [3.8, 4) is 0 Å². The van der Waals surface area contributed by atoms with Crippen LogP contribution in [0.25, 0.3) is 0 Å². The van der Waals surface area contributed by atoms with Gasteiger partial charge in [-0.05, 0) is 31.4 Å². The van der Waals surface area contributed by atoms with E-state index in [-0.39, 0.29) is 18.5 Å². The number of carbonyl (C=O) groups excluding carboxylic acids is 1. The maximum absolute atomic E-state index is 13.9. The zero-order chi connectivity index (χ0) is 17.0. The van der Waals surface area contributed by atoms with Gasteiger partial charge in [0.1, 0.15) is 11.6 Å². The Kier molecular flexibility index (Phi) is 5.69. The van der Waals surface area contributed by atoms with Gasteiger partial charge >= 0.3 is 0 Å². The second-order valence-electron chi connectivity index (χ2n) is 5.59. The van der Waals surface area contributed by atoms with E-state index >= 15 is 0 Å². The summed E-state index contributed by atoms with van der Waals surface area (Å²) in [6.45, 7) is 1.93. The Morgan fingerprint density at radius 3 is 2.57 bits per heavy atom. The van der Waals surface area contributed by atoms with Crippen LogP contribution in [0.15, 0.2) is 23.1 Å². The largest absolute Gasteiger partial charge is 0.356 e. The predicted molar refractivity (Wildman–Crippen MR) is 81.2 cm³/mol. The fraction of sp³-hybridized carbons (Fsp3) is 0.533. The molecule has 0 radical (unpaired) electrons. The molecule has 1 aromatic rings. The van der Waals surface area contributed by atoms with Crippen molar-refractivity contribution in [2.24, 2.45) is 0 Å². The maximum atomic E-state index is 13.9. The maximum Gasteiger partial charge on any atom is 0.249 e. The van der Waals surface area contributed by atoms with Crippen molar-refractivity contribution >= 4 is 15.9 Å². The smallest absolute Gasteiger partial charge is 0.249 e. The van der Waals surface area contributed by atoms with Crippen LogP contribution in [0.4, 0.5) is 8.78 Å². The van der Waals surface area contributed by atoms with E-state index in [1.807, 2.05) is 0 Å². The highest BCUT2D eigenvalue weighted by Crippen LogP contribution is 2.29. The summed E-state index contributed by atoms with van der Waals surface area (Å²) >= 11 is 0. The minimum Gasteiger partial charge on any atom is -0.356 e. The molecule has 23 heavy (non-hydrogen) atoms. The quantitative estimate of drug-likeness (QED) is 0.887. The van der Waals surface area contributed by atoms with E-state index in [2.05, 4.69) is 5.32 Å². The molecular formula is C15H20F2N2O3S. The van der Waals surface area contributed by atoms with Crippen LogP contribution in [0, 0.1) is 11.6 Å². The standard InChI is InChI=1S/C15H20F2N2O3S/c1-11(20)18-9-8-12-5-2-3-10-19(12)23(21,22)15-13(16)6-4-7-14(15)17/h4,6-7,12H,2-3,5,8-10H2,1H3,(H,18,20)/t12-/m1/s1. The van der Waals surface area contributed by atoms with Crippen LogP contribution in [0.5, 0.6) is 0 Å². The van der Waals surface area contributed by atoms with Crippen LogP contribution >= 0.6 is 0 Å². The fourth-order valence-electron chi connectivity index (χ4n) is 2.84.